The maximum atomic E-state index is 11.8. The van der Waals surface area contributed by atoms with Crippen LogP contribution in [0.2, 0.25) is 0 Å². The summed E-state index contributed by atoms with van der Waals surface area (Å²) in [7, 11) is -2.97. The molecule has 2 heterocycles. The minimum absolute atomic E-state index is 0.0160. The predicted molar refractivity (Wildman–Crippen MR) is 55.7 cm³/mol. The third kappa shape index (κ3) is 2.21. The number of aryl methyl sites for hydroxylation is 1. The van der Waals surface area contributed by atoms with Crippen molar-refractivity contribution in [1.82, 2.24) is 20.1 Å². The van der Waals surface area contributed by atoms with Crippen molar-refractivity contribution in [2.24, 2.45) is 0 Å². The van der Waals surface area contributed by atoms with E-state index >= 15 is 0 Å². The fourth-order valence-electron chi connectivity index (χ4n) is 1.50. The first-order valence-electron chi connectivity index (χ1n) is 4.87. The van der Waals surface area contributed by atoms with Crippen LogP contribution in [0.5, 0.6) is 0 Å². The van der Waals surface area contributed by atoms with Crippen LogP contribution in [-0.2, 0) is 9.84 Å². The molecule has 1 N–H and O–H groups in total. The summed E-state index contributed by atoms with van der Waals surface area (Å²) in [5.74, 6) is 0.369. The Kier molecular flexibility index (Phi) is 2.66. The van der Waals surface area contributed by atoms with Gasteiger partial charge >= 0.3 is 0 Å². The van der Waals surface area contributed by atoms with E-state index in [9.17, 15) is 13.2 Å². The molecule has 0 unspecified atom stereocenters. The van der Waals surface area contributed by atoms with Crippen LogP contribution in [0.4, 0.5) is 0 Å². The predicted octanol–water partition coefficient (Wildman–Crippen LogP) is -1.02. The smallest absolute Gasteiger partial charge is 0.293 e. The van der Waals surface area contributed by atoms with Gasteiger partial charge in [-0.25, -0.2) is 13.4 Å². The van der Waals surface area contributed by atoms with Crippen LogP contribution >= 0.6 is 0 Å². The first-order valence-corrected chi connectivity index (χ1v) is 6.69. The van der Waals surface area contributed by atoms with Crippen LogP contribution in [0.1, 0.15) is 16.4 Å². The van der Waals surface area contributed by atoms with Gasteiger partial charge in [-0.2, -0.15) is 0 Å². The number of rotatable bonds is 1. The van der Waals surface area contributed by atoms with Crippen molar-refractivity contribution in [1.29, 1.82) is 0 Å². The molecule has 0 spiro atoms. The number of carbonyl (C=O) groups is 1. The Balaban J connectivity index is 2.07. The lowest BCUT2D eigenvalue weighted by Crippen LogP contribution is -2.44. The fraction of sp³-hybridized carbons (Fsp3) is 0.625. The molecular formula is C8H12N4O3S. The van der Waals surface area contributed by atoms with Gasteiger partial charge in [0, 0.05) is 13.1 Å². The van der Waals surface area contributed by atoms with E-state index < -0.39 is 9.84 Å². The number of amides is 1. The number of carbonyl (C=O) groups excluding carboxylic acids is 1. The lowest BCUT2D eigenvalue weighted by molar-refractivity contribution is 0.0758. The van der Waals surface area contributed by atoms with Crippen LogP contribution in [0, 0.1) is 6.92 Å². The van der Waals surface area contributed by atoms with E-state index in [1.165, 1.54) is 4.90 Å². The molecule has 16 heavy (non-hydrogen) atoms. The zero-order valence-electron chi connectivity index (χ0n) is 8.80. The second kappa shape index (κ2) is 3.85. The number of hydrogen-bond donors (Lipinski definition) is 1. The topological polar surface area (TPSA) is 96.0 Å². The molecule has 1 aromatic heterocycles. The molecule has 7 nitrogen and oxygen atoms in total. The van der Waals surface area contributed by atoms with Gasteiger partial charge in [0.05, 0.1) is 11.5 Å². The molecule has 88 valence electrons. The number of sulfone groups is 1. The first kappa shape index (κ1) is 11.1. The van der Waals surface area contributed by atoms with E-state index in [1.807, 2.05) is 0 Å². The van der Waals surface area contributed by atoms with Gasteiger partial charge < -0.3 is 4.90 Å². The Morgan fingerprint density at radius 1 is 1.38 bits per heavy atom. The molecule has 1 fully saturated rings. The largest absolute Gasteiger partial charge is 0.334 e. The Hall–Kier alpha value is -1.44. The Bertz CT molecular complexity index is 493. The van der Waals surface area contributed by atoms with Crippen LogP contribution < -0.4 is 0 Å². The van der Waals surface area contributed by atoms with E-state index in [0.717, 1.165) is 0 Å². The zero-order valence-corrected chi connectivity index (χ0v) is 9.62. The standard InChI is InChI=1S/C8H12N4O3S/c1-6-9-7(11-10-6)8(13)12-2-4-16(14,15)5-3-12/h2-5H2,1H3,(H,9,10,11). The van der Waals surface area contributed by atoms with Crippen LogP contribution in [0.3, 0.4) is 0 Å². The molecule has 1 aliphatic heterocycles. The molecule has 0 aliphatic carbocycles. The van der Waals surface area contributed by atoms with E-state index in [-0.39, 0.29) is 36.3 Å². The number of aromatic amines is 1. The van der Waals surface area contributed by atoms with Crippen molar-refractivity contribution in [2.75, 3.05) is 24.6 Å². The summed E-state index contributed by atoms with van der Waals surface area (Å²) in [6, 6.07) is 0. The maximum Gasteiger partial charge on any atom is 0.293 e. The van der Waals surface area contributed by atoms with Crippen LogP contribution in [-0.4, -0.2) is 59.0 Å². The maximum absolute atomic E-state index is 11.8. The Morgan fingerprint density at radius 3 is 2.50 bits per heavy atom. The van der Waals surface area contributed by atoms with E-state index in [4.69, 9.17) is 0 Å². The monoisotopic (exact) mass is 244 g/mol. The van der Waals surface area contributed by atoms with Gasteiger partial charge in [-0.15, -0.1) is 5.10 Å². The second-order valence-electron chi connectivity index (χ2n) is 3.69. The van der Waals surface area contributed by atoms with Crippen molar-refractivity contribution >= 4 is 15.7 Å². The van der Waals surface area contributed by atoms with Gasteiger partial charge in [0.2, 0.25) is 5.82 Å². The molecular weight excluding hydrogens is 232 g/mol. The van der Waals surface area contributed by atoms with Crippen molar-refractivity contribution in [3.63, 3.8) is 0 Å². The zero-order chi connectivity index (χ0) is 11.8. The summed E-state index contributed by atoms with van der Waals surface area (Å²) in [6.07, 6.45) is 0. The number of aromatic nitrogens is 3. The number of H-pyrrole nitrogens is 1. The molecule has 1 aromatic rings. The van der Waals surface area contributed by atoms with Crippen LogP contribution in [0.15, 0.2) is 0 Å². The van der Waals surface area contributed by atoms with Gasteiger partial charge in [0.1, 0.15) is 5.82 Å². The molecule has 1 amide bonds. The highest BCUT2D eigenvalue weighted by atomic mass is 32.2. The third-order valence-electron chi connectivity index (χ3n) is 2.42. The number of hydrogen-bond acceptors (Lipinski definition) is 5. The van der Waals surface area contributed by atoms with E-state index in [0.29, 0.717) is 5.82 Å². The normalized spacial score (nSPS) is 19.7. The molecule has 0 saturated carbocycles. The quantitative estimate of drug-likeness (QED) is 0.682. The minimum Gasteiger partial charge on any atom is -0.334 e. The molecule has 1 aliphatic rings. The highest BCUT2D eigenvalue weighted by Gasteiger charge is 2.27. The molecule has 0 atom stereocenters. The van der Waals surface area contributed by atoms with Crippen molar-refractivity contribution in [2.45, 2.75) is 6.92 Å². The van der Waals surface area contributed by atoms with Gasteiger partial charge in [-0.3, -0.25) is 9.89 Å². The highest BCUT2D eigenvalue weighted by molar-refractivity contribution is 7.91. The summed E-state index contributed by atoms with van der Waals surface area (Å²) in [5, 5.41) is 6.33. The van der Waals surface area contributed by atoms with Crippen molar-refractivity contribution in [3.05, 3.63) is 11.6 Å². The lowest BCUT2D eigenvalue weighted by atomic mass is 10.4. The summed E-state index contributed by atoms with van der Waals surface area (Å²) in [5.41, 5.74) is 0. The van der Waals surface area contributed by atoms with Crippen molar-refractivity contribution < 1.29 is 13.2 Å². The van der Waals surface area contributed by atoms with Crippen molar-refractivity contribution in [3.8, 4) is 0 Å². The second-order valence-corrected chi connectivity index (χ2v) is 5.99. The van der Waals surface area contributed by atoms with Gasteiger partial charge in [0.15, 0.2) is 9.84 Å². The number of nitrogens with one attached hydrogen (secondary N) is 1. The lowest BCUT2D eigenvalue weighted by Gasteiger charge is -2.25. The Morgan fingerprint density at radius 2 is 2.00 bits per heavy atom. The molecule has 0 bridgehead atoms. The Labute approximate surface area is 92.8 Å². The SMILES string of the molecule is Cc1nc(C(=O)N2CCS(=O)(=O)CC2)n[nH]1. The fourth-order valence-corrected chi connectivity index (χ4v) is 2.70. The molecule has 0 aromatic carbocycles. The van der Waals surface area contributed by atoms with Gasteiger partial charge in [0.25, 0.3) is 5.91 Å². The number of nitrogens with zero attached hydrogens (tertiary/aromatic N) is 3. The third-order valence-corrected chi connectivity index (χ3v) is 4.03. The van der Waals surface area contributed by atoms with E-state index in [2.05, 4.69) is 15.2 Å². The molecule has 8 heteroatoms. The average Bonchev–Trinajstić information content (AvgIpc) is 2.64. The first-order chi connectivity index (χ1) is 7.48. The van der Waals surface area contributed by atoms with Crippen LogP contribution in [0.25, 0.3) is 0 Å². The molecule has 0 radical (unpaired) electrons. The molecule has 1 saturated heterocycles. The highest BCUT2D eigenvalue weighted by Crippen LogP contribution is 2.07. The summed E-state index contributed by atoms with van der Waals surface area (Å²) in [6.45, 7) is 2.13. The summed E-state index contributed by atoms with van der Waals surface area (Å²) >= 11 is 0. The summed E-state index contributed by atoms with van der Waals surface area (Å²) < 4.78 is 22.4. The average molecular weight is 244 g/mol. The summed E-state index contributed by atoms with van der Waals surface area (Å²) in [4.78, 5) is 17.2. The molecule has 2 rings (SSSR count). The van der Waals surface area contributed by atoms with E-state index in [1.54, 1.807) is 6.92 Å². The van der Waals surface area contributed by atoms with Gasteiger partial charge in [-0.05, 0) is 6.92 Å². The minimum atomic E-state index is -2.97. The van der Waals surface area contributed by atoms with Gasteiger partial charge in [-0.1, -0.05) is 0 Å².